The molecule has 0 unspecified atom stereocenters. The van der Waals surface area contributed by atoms with Crippen molar-refractivity contribution >= 4 is 23.2 Å². The Morgan fingerprint density at radius 2 is 1.95 bits per heavy atom. The maximum Gasteiger partial charge on any atom is 0.270 e. The molecule has 0 radical (unpaired) electrons. The highest BCUT2D eigenvalue weighted by atomic mass is 32.1. The molecule has 0 aliphatic heterocycles. The average molecular weight is 284 g/mol. The van der Waals surface area contributed by atoms with E-state index in [4.69, 9.17) is 5.73 Å². The van der Waals surface area contributed by atoms with E-state index >= 15 is 0 Å². The first-order chi connectivity index (χ1) is 8.84. The lowest BCUT2D eigenvalue weighted by Crippen LogP contribution is -2.39. The van der Waals surface area contributed by atoms with Crippen LogP contribution in [0.15, 0.2) is 5.38 Å². The van der Waals surface area contributed by atoms with E-state index in [0.717, 1.165) is 5.01 Å². The van der Waals surface area contributed by atoms with Gasteiger partial charge in [0.15, 0.2) is 0 Å². The number of carbonyl (C=O) groups is 2. The molecule has 2 amide bonds. The van der Waals surface area contributed by atoms with Crippen molar-refractivity contribution in [2.24, 2.45) is 11.1 Å². The minimum absolute atomic E-state index is 0.0409. The molecule has 19 heavy (non-hydrogen) atoms. The Balaban J connectivity index is 2.30. The highest BCUT2D eigenvalue weighted by molar-refractivity contribution is 7.09. The zero-order chi connectivity index (χ0) is 14.5. The van der Waals surface area contributed by atoms with Crippen molar-refractivity contribution in [1.82, 2.24) is 15.6 Å². The van der Waals surface area contributed by atoms with Crippen LogP contribution in [0.5, 0.6) is 0 Å². The molecule has 0 aliphatic rings. The standard InChI is InChI=1S/C12H20N4O2S/c1-12(2,3)11(18)15-5-4-14-10(17)8-7-19-9(6-13)16-8/h7H,4-6,13H2,1-3H3,(H,14,17)(H,15,18). The molecule has 0 bridgehead atoms. The molecule has 0 saturated heterocycles. The fraction of sp³-hybridized carbons (Fsp3) is 0.583. The van der Waals surface area contributed by atoms with Gasteiger partial charge in [-0.25, -0.2) is 4.98 Å². The lowest BCUT2D eigenvalue weighted by Gasteiger charge is -2.17. The first kappa shape index (κ1) is 15.6. The topological polar surface area (TPSA) is 97.1 Å². The molecule has 0 atom stereocenters. The average Bonchev–Trinajstić information content (AvgIpc) is 2.81. The zero-order valence-corrected chi connectivity index (χ0v) is 12.3. The van der Waals surface area contributed by atoms with Crippen molar-refractivity contribution in [2.45, 2.75) is 27.3 Å². The molecule has 106 valence electrons. The van der Waals surface area contributed by atoms with E-state index in [1.807, 2.05) is 20.8 Å². The number of hydrogen-bond acceptors (Lipinski definition) is 5. The molecule has 0 aliphatic carbocycles. The summed E-state index contributed by atoms with van der Waals surface area (Å²) in [5.41, 5.74) is 5.37. The van der Waals surface area contributed by atoms with Gasteiger partial charge in [-0.05, 0) is 0 Å². The second kappa shape index (κ2) is 6.63. The maximum atomic E-state index is 11.7. The summed E-state index contributed by atoms with van der Waals surface area (Å²) in [7, 11) is 0. The summed E-state index contributed by atoms with van der Waals surface area (Å²) in [6.07, 6.45) is 0. The van der Waals surface area contributed by atoms with Crippen molar-refractivity contribution in [1.29, 1.82) is 0 Å². The fourth-order valence-electron chi connectivity index (χ4n) is 1.22. The van der Waals surface area contributed by atoms with Gasteiger partial charge in [0.05, 0.1) is 0 Å². The van der Waals surface area contributed by atoms with E-state index in [-0.39, 0.29) is 11.8 Å². The van der Waals surface area contributed by atoms with Crippen molar-refractivity contribution in [3.05, 3.63) is 16.1 Å². The number of hydrogen-bond donors (Lipinski definition) is 3. The smallest absolute Gasteiger partial charge is 0.270 e. The molecule has 4 N–H and O–H groups in total. The minimum Gasteiger partial charge on any atom is -0.354 e. The van der Waals surface area contributed by atoms with Gasteiger partial charge in [0.25, 0.3) is 5.91 Å². The monoisotopic (exact) mass is 284 g/mol. The molecular weight excluding hydrogens is 264 g/mol. The third-order valence-corrected chi connectivity index (χ3v) is 3.21. The molecule has 0 spiro atoms. The van der Waals surface area contributed by atoms with Crippen LogP contribution >= 0.6 is 11.3 Å². The number of aromatic nitrogens is 1. The van der Waals surface area contributed by atoms with Crippen LogP contribution in [0.2, 0.25) is 0 Å². The molecule has 0 aromatic carbocycles. The van der Waals surface area contributed by atoms with Gasteiger partial charge in [-0.1, -0.05) is 20.8 Å². The van der Waals surface area contributed by atoms with E-state index in [0.29, 0.717) is 25.3 Å². The van der Waals surface area contributed by atoms with Crippen LogP contribution in [0.1, 0.15) is 36.3 Å². The number of nitrogens with two attached hydrogens (primary N) is 1. The summed E-state index contributed by atoms with van der Waals surface area (Å²) in [6.45, 7) is 6.62. The van der Waals surface area contributed by atoms with E-state index in [1.54, 1.807) is 5.38 Å². The number of nitrogens with one attached hydrogen (secondary N) is 2. The SMILES string of the molecule is CC(C)(C)C(=O)NCCNC(=O)c1csc(CN)n1. The summed E-state index contributed by atoms with van der Waals surface area (Å²) in [5.74, 6) is -0.290. The van der Waals surface area contributed by atoms with Gasteiger partial charge >= 0.3 is 0 Å². The summed E-state index contributed by atoms with van der Waals surface area (Å²) < 4.78 is 0. The van der Waals surface area contributed by atoms with Crippen molar-refractivity contribution in [3.63, 3.8) is 0 Å². The number of rotatable bonds is 5. The van der Waals surface area contributed by atoms with Crippen LogP contribution in [0, 0.1) is 5.41 Å². The molecule has 1 rings (SSSR count). The predicted molar refractivity (Wildman–Crippen MR) is 74.8 cm³/mol. The predicted octanol–water partition coefficient (Wildman–Crippen LogP) is 0.494. The van der Waals surface area contributed by atoms with Gasteiger partial charge < -0.3 is 16.4 Å². The first-order valence-electron chi connectivity index (χ1n) is 6.05. The summed E-state index contributed by atoms with van der Waals surface area (Å²) in [4.78, 5) is 27.3. The Bertz CT molecular complexity index is 451. The molecule has 0 fully saturated rings. The normalized spacial score (nSPS) is 11.2. The zero-order valence-electron chi connectivity index (χ0n) is 11.4. The fourth-order valence-corrected chi connectivity index (χ4v) is 1.87. The summed E-state index contributed by atoms with van der Waals surface area (Å²) in [6, 6.07) is 0. The van der Waals surface area contributed by atoms with E-state index in [9.17, 15) is 9.59 Å². The van der Waals surface area contributed by atoms with Gasteiger partial charge in [0, 0.05) is 30.4 Å². The second-order valence-electron chi connectivity index (χ2n) is 5.09. The van der Waals surface area contributed by atoms with Crippen molar-refractivity contribution < 1.29 is 9.59 Å². The number of amides is 2. The Hall–Kier alpha value is -1.47. The van der Waals surface area contributed by atoms with Gasteiger partial charge in [0.1, 0.15) is 10.7 Å². The van der Waals surface area contributed by atoms with Crippen LogP contribution < -0.4 is 16.4 Å². The van der Waals surface area contributed by atoms with Crippen LogP contribution in [0.4, 0.5) is 0 Å². The van der Waals surface area contributed by atoms with Crippen LogP contribution in [0.3, 0.4) is 0 Å². The molecule has 1 aromatic heterocycles. The van der Waals surface area contributed by atoms with Crippen LogP contribution in [-0.4, -0.2) is 29.9 Å². The highest BCUT2D eigenvalue weighted by Gasteiger charge is 2.20. The highest BCUT2D eigenvalue weighted by Crippen LogP contribution is 2.12. The molecule has 6 nitrogen and oxygen atoms in total. The van der Waals surface area contributed by atoms with Gasteiger partial charge in [0.2, 0.25) is 5.91 Å². The summed E-state index contributed by atoms with van der Waals surface area (Å²) >= 11 is 1.36. The van der Waals surface area contributed by atoms with Gasteiger partial charge in [-0.15, -0.1) is 11.3 Å². The Labute approximate surface area is 116 Å². The molecule has 7 heteroatoms. The lowest BCUT2D eigenvalue weighted by atomic mass is 9.96. The molecule has 1 heterocycles. The Morgan fingerprint density at radius 3 is 2.47 bits per heavy atom. The van der Waals surface area contributed by atoms with E-state index in [2.05, 4.69) is 15.6 Å². The Kier molecular flexibility index (Phi) is 5.44. The third kappa shape index (κ3) is 4.96. The molecule has 1 aromatic rings. The number of carbonyl (C=O) groups excluding carboxylic acids is 2. The van der Waals surface area contributed by atoms with Gasteiger partial charge in [-0.3, -0.25) is 9.59 Å². The van der Waals surface area contributed by atoms with Crippen molar-refractivity contribution in [2.75, 3.05) is 13.1 Å². The molecule has 0 saturated carbocycles. The van der Waals surface area contributed by atoms with Crippen LogP contribution in [-0.2, 0) is 11.3 Å². The Morgan fingerprint density at radius 1 is 1.32 bits per heavy atom. The first-order valence-corrected chi connectivity index (χ1v) is 6.93. The quantitative estimate of drug-likeness (QED) is 0.686. The second-order valence-corrected chi connectivity index (χ2v) is 6.04. The third-order valence-electron chi connectivity index (χ3n) is 2.34. The van der Waals surface area contributed by atoms with E-state index in [1.165, 1.54) is 11.3 Å². The van der Waals surface area contributed by atoms with Gasteiger partial charge in [-0.2, -0.15) is 0 Å². The lowest BCUT2D eigenvalue weighted by molar-refractivity contribution is -0.128. The molecular formula is C12H20N4O2S. The van der Waals surface area contributed by atoms with Crippen molar-refractivity contribution in [3.8, 4) is 0 Å². The largest absolute Gasteiger partial charge is 0.354 e. The maximum absolute atomic E-state index is 11.7. The number of nitrogens with zero attached hydrogens (tertiary/aromatic N) is 1. The summed E-state index contributed by atoms with van der Waals surface area (Å²) in [5, 5.41) is 7.85. The minimum atomic E-state index is -0.422. The van der Waals surface area contributed by atoms with E-state index < -0.39 is 5.41 Å². The van der Waals surface area contributed by atoms with Crippen LogP contribution in [0.25, 0.3) is 0 Å². The number of thiazole rings is 1.